The van der Waals surface area contributed by atoms with E-state index >= 15 is 0 Å². The SMILES string of the molecule is COc1ccc(CC(=O)NCC2CCC(C)NC2)cc1. The van der Waals surface area contributed by atoms with Crippen LogP contribution in [0.2, 0.25) is 0 Å². The summed E-state index contributed by atoms with van der Waals surface area (Å²) in [4.78, 5) is 11.9. The molecule has 1 amide bonds. The lowest BCUT2D eigenvalue weighted by molar-refractivity contribution is -0.120. The topological polar surface area (TPSA) is 50.4 Å². The summed E-state index contributed by atoms with van der Waals surface area (Å²) in [7, 11) is 1.64. The zero-order valence-electron chi connectivity index (χ0n) is 12.3. The first-order valence-corrected chi connectivity index (χ1v) is 7.30. The maximum absolute atomic E-state index is 11.9. The van der Waals surface area contributed by atoms with Crippen LogP contribution in [0.1, 0.15) is 25.3 Å². The summed E-state index contributed by atoms with van der Waals surface area (Å²) < 4.78 is 5.10. The largest absolute Gasteiger partial charge is 0.497 e. The van der Waals surface area contributed by atoms with Crippen molar-refractivity contribution < 1.29 is 9.53 Å². The Balaban J connectivity index is 1.72. The Kier molecular flexibility index (Phi) is 5.41. The van der Waals surface area contributed by atoms with Gasteiger partial charge in [0.1, 0.15) is 5.75 Å². The molecule has 1 aliphatic heterocycles. The third kappa shape index (κ3) is 4.53. The molecule has 20 heavy (non-hydrogen) atoms. The first-order chi connectivity index (χ1) is 9.67. The summed E-state index contributed by atoms with van der Waals surface area (Å²) in [5.41, 5.74) is 1.01. The highest BCUT2D eigenvalue weighted by molar-refractivity contribution is 5.78. The molecule has 1 aromatic rings. The zero-order chi connectivity index (χ0) is 14.4. The molecule has 2 atom stereocenters. The highest BCUT2D eigenvalue weighted by Gasteiger charge is 2.17. The number of methoxy groups -OCH3 is 1. The molecule has 2 rings (SSSR count). The van der Waals surface area contributed by atoms with Crippen LogP contribution >= 0.6 is 0 Å². The quantitative estimate of drug-likeness (QED) is 0.861. The lowest BCUT2D eigenvalue weighted by atomic mass is 9.95. The van der Waals surface area contributed by atoms with E-state index in [2.05, 4.69) is 17.6 Å². The zero-order valence-corrected chi connectivity index (χ0v) is 12.3. The molecule has 0 radical (unpaired) electrons. The lowest BCUT2D eigenvalue weighted by Gasteiger charge is -2.27. The Morgan fingerprint density at radius 3 is 2.70 bits per heavy atom. The van der Waals surface area contributed by atoms with E-state index in [0.717, 1.165) is 24.4 Å². The van der Waals surface area contributed by atoms with E-state index < -0.39 is 0 Å². The highest BCUT2D eigenvalue weighted by atomic mass is 16.5. The van der Waals surface area contributed by atoms with E-state index in [1.165, 1.54) is 12.8 Å². The van der Waals surface area contributed by atoms with Gasteiger partial charge in [0.05, 0.1) is 13.5 Å². The fourth-order valence-electron chi connectivity index (χ4n) is 2.48. The molecule has 1 aliphatic rings. The first-order valence-electron chi connectivity index (χ1n) is 7.30. The predicted molar refractivity (Wildman–Crippen MR) is 79.9 cm³/mol. The molecule has 2 N–H and O–H groups in total. The monoisotopic (exact) mass is 276 g/mol. The standard InChI is InChI=1S/C16H24N2O2/c1-12-3-4-14(10-17-12)11-18-16(19)9-13-5-7-15(20-2)8-6-13/h5-8,12,14,17H,3-4,9-11H2,1-2H3,(H,18,19). The van der Waals surface area contributed by atoms with Gasteiger partial charge in [0.2, 0.25) is 5.91 Å². The first kappa shape index (κ1) is 14.9. The summed E-state index contributed by atoms with van der Waals surface area (Å²) in [5.74, 6) is 1.47. The van der Waals surface area contributed by atoms with Crippen LogP contribution in [-0.2, 0) is 11.2 Å². The number of amides is 1. The van der Waals surface area contributed by atoms with Gasteiger partial charge < -0.3 is 15.4 Å². The molecule has 2 unspecified atom stereocenters. The maximum Gasteiger partial charge on any atom is 0.224 e. The highest BCUT2D eigenvalue weighted by Crippen LogP contribution is 2.14. The van der Waals surface area contributed by atoms with E-state index in [-0.39, 0.29) is 5.91 Å². The van der Waals surface area contributed by atoms with Gasteiger partial charge in [-0.1, -0.05) is 12.1 Å². The summed E-state index contributed by atoms with van der Waals surface area (Å²) in [6.07, 6.45) is 2.82. The minimum atomic E-state index is 0.0915. The van der Waals surface area contributed by atoms with Crippen molar-refractivity contribution in [3.63, 3.8) is 0 Å². The number of rotatable bonds is 5. The predicted octanol–water partition coefficient (Wildman–Crippen LogP) is 1.74. The van der Waals surface area contributed by atoms with Crippen LogP contribution in [0.25, 0.3) is 0 Å². The fourth-order valence-corrected chi connectivity index (χ4v) is 2.48. The minimum Gasteiger partial charge on any atom is -0.497 e. The van der Waals surface area contributed by atoms with E-state index in [0.29, 0.717) is 18.4 Å². The normalized spacial score (nSPS) is 22.3. The van der Waals surface area contributed by atoms with Gasteiger partial charge in [-0.15, -0.1) is 0 Å². The van der Waals surface area contributed by atoms with Crippen molar-refractivity contribution in [3.05, 3.63) is 29.8 Å². The Morgan fingerprint density at radius 1 is 1.35 bits per heavy atom. The number of carbonyl (C=O) groups is 1. The molecule has 1 heterocycles. The van der Waals surface area contributed by atoms with Gasteiger partial charge in [0.15, 0.2) is 0 Å². The molecule has 0 saturated carbocycles. The fraction of sp³-hybridized carbons (Fsp3) is 0.562. The summed E-state index contributed by atoms with van der Waals surface area (Å²) in [6, 6.07) is 8.25. The second kappa shape index (κ2) is 7.29. The van der Waals surface area contributed by atoms with Crippen LogP contribution in [-0.4, -0.2) is 32.1 Å². The van der Waals surface area contributed by atoms with E-state index in [9.17, 15) is 4.79 Å². The van der Waals surface area contributed by atoms with Crippen molar-refractivity contribution in [1.82, 2.24) is 10.6 Å². The van der Waals surface area contributed by atoms with Crippen molar-refractivity contribution in [1.29, 1.82) is 0 Å². The molecule has 1 aromatic carbocycles. The van der Waals surface area contributed by atoms with Crippen molar-refractivity contribution in [2.75, 3.05) is 20.2 Å². The number of nitrogens with one attached hydrogen (secondary N) is 2. The number of piperidine rings is 1. The molecule has 0 spiro atoms. The second-order valence-electron chi connectivity index (χ2n) is 5.58. The van der Waals surface area contributed by atoms with E-state index in [1.807, 2.05) is 24.3 Å². The molecular formula is C16H24N2O2. The van der Waals surface area contributed by atoms with Gasteiger partial charge >= 0.3 is 0 Å². The Morgan fingerprint density at radius 2 is 2.10 bits per heavy atom. The van der Waals surface area contributed by atoms with Crippen LogP contribution in [0.15, 0.2) is 24.3 Å². The molecule has 0 aliphatic carbocycles. The van der Waals surface area contributed by atoms with Crippen molar-refractivity contribution in [2.24, 2.45) is 5.92 Å². The van der Waals surface area contributed by atoms with Gasteiger partial charge in [-0.25, -0.2) is 0 Å². The number of hydrogen-bond donors (Lipinski definition) is 2. The second-order valence-corrected chi connectivity index (χ2v) is 5.58. The summed E-state index contributed by atoms with van der Waals surface area (Å²) >= 11 is 0. The Hall–Kier alpha value is -1.55. The number of carbonyl (C=O) groups excluding carboxylic acids is 1. The molecular weight excluding hydrogens is 252 g/mol. The summed E-state index contributed by atoms with van der Waals surface area (Å²) in [6.45, 7) is 3.98. The Labute approximate surface area is 120 Å². The minimum absolute atomic E-state index is 0.0915. The summed E-state index contributed by atoms with van der Waals surface area (Å²) in [5, 5.41) is 6.49. The van der Waals surface area contributed by atoms with Crippen LogP contribution in [0, 0.1) is 5.92 Å². The third-order valence-corrected chi connectivity index (χ3v) is 3.87. The molecule has 0 bridgehead atoms. The van der Waals surface area contributed by atoms with E-state index in [4.69, 9.17) is 4.74 Å². The molecule has 1 fully saturated rings. The van der Waals surface area contributed by atoms with Crippen LogP contribution in [0.4, 0.5) is 0 Å². The van der Waals surface area contributed by atoms with Gasteiger partial charge in [0, 0.05) is 12.6 Å². The van der Waals surface area contributed by atoms with Crippen molar-refractivity contribution in [3.8, 4) is 5.75 Å². The number of ether oxygens (including phenoxy) is 1. The van der Waals surface area contributed by atoms with Gasteiger partial charge in [0.25, 0.3) is 0 Å². The average Bonchev–Trinajstić information content (AvgIpc) is 2.47. The molecule has 0 aromatic heterocycles. The third-order valence-electron chi connectivity index (χ3n) is 3.87. The van der Waals surface area contributed by atoms with Crippen molar-refractivity contribution in [2.45, 2.75) is 32.2 Å². The maximum atomic E-state index is 11.9. The van der Waals surface area contributed by atoms with Crippen LogP contribution in [0.5, 0.6) is 5.75 Å². The van der Waals surface area contributed by atoms with Crippen LogP contribution in [0.3, 0.4) is 0 Å². The lowest BCUT2D eigenvalue weighted by Crippen LogP contribution is -2.42. The number of hydrogen-bond acceptors (Lipinski definition) is 3. The molecule has 1 saturated heterocycles. The van der Waals surface area contributed by atoms with Gasteiger partial charge in [-0.3, -0.25) is 4.79 Å². The Bertz CT molecular complexity index is 423. The van der Waals surface area contributed by atoms with Crippen molar-refractivity contribution >= 4 is 5.91 Å². The number of benzene rings is 1. The molecule has 4 heteroatoms. The van der Waals surface area contributed by atoms with Gasteiger partial charge in [-0.05, 0) is 49.9 Å². The van der Waals surface area contributed by atoms with Crippen LogP contribution < -0.4 is 15.4 Å². The molecule has 4 nitrogen and oxygen atoms in total. The smallest absolute Gasteiger partial charge is 0.224 e. The van der Waals surface area contributed by atoms with E-state index in [1.54, 1.807) is 7.11 Å². The molecule has 110 valence electrons. The van der Waals surface area contributed by atoms with Gasteiger partial charge in [-0.2, -0.15) is 0 Å². The average molecular weight is 276 g/mol.